The number of anilines is 2. The number of H-pyrrole nitrogens is 1. The molecular formula is C24H22N4O4S. The van der Waals surface area contributed by atoms with Crippen LogP contribution in [0.1, 0.15) is 18.0 Å². The molecule has 0 radical (unpaired) electrons. The highest BCUT2D eigenvalue weighted by molar-refractivity contribution is 7.89. The smallest absolute Gasteiger partial charge is 0.305 e. The van der Waals surface area contributed by atoms with E-state index >= 15 is 0 Å². The lowest BCUT2D eigenvalue weighted by Crippen LogP contribution is -2.30. The molecule has 0 saturated heterocycles. The predicted molar refractivity (Wildman–Crippen MR) is 126 cm³/mol. The zero-order valence-corrected chi connectivity index (χ0v) is 18.3. The number of nitrogens with one attached hydrogen (secondary N) is 3. The van der Waals surface area contributed by atoms with Crippen LogP contribution in [0.2, 0.25) is 0 Å². The van der Waals surface area contributed by atoms with E-state index in [2.05, 4.69) is 20.0 Å². The number of hydrogen-bond donors (Lipinski definition) is 4. The number of benzene rings is 3. The third kappa shape index (κ3) is 5.65. The average Bonchev–Trinajstić information content (AvgIpc) is 3.32. The number of imidazole rings is 1. The summed E-state index contributed by atoms with van der Waals surface area (Å²) in [6.07, 6.45) is 2.98. The Bertz CT molecular complexity index is 1340. The first-order chi connectivity index (χ1) is 15.9. The van der Waals surface area contributed by atoms with Crippen LogP contribution in [0, 0.1) is 0 Å². The SMILES string of the molecule is O=C(O)CC(NS(=O)(=O)c1cccc(-c2cccc(Nc3ncc[nH]3)c2)c1)c1ccccc1. The van der Waals surface area contributed by atoms with E-state index in [0.717, 1.165) is 11.3 Å². The van der Waals surface area contributed by atoms with Crippen LogP contribution in [-0.2, 0) is 14.8 Å². The van der Waals surface area contributed by atoms with Gasteiger partial charge in [-0.05, 0) is 41.0 Å². The molecule has 0 bridgehead atoms. The van der Waals surface area contributed by atoms with Gasteiger partial charge in [0.25, 0.3) is 0 Å². The Morgan fingerprint density at radius 2 is 1.70 bits per heavy atom. The summed E-state index contributed by atoms with van der Waals surface area (Å²) in [5, 5.41) is 12.4. The van der Waals surface area contributed by atoms with Crippen LogP contribution in [0.5, 0.6) is 0 Å². The maximum atomic E-state index is 13.1. The Balaban J connectivity index is 1.60. The quantitative estimate of drug-likeness (QED) is 0.294. The molecule has 0 amide bonds. The number of hydrogen-bond acceptors (Lipinski definition) is 5. The second-order valence-corrected chi connectivity index (χ2v) is 9.07. The van der Waals surface area contributed by atoms with Crippen molar-refractivity contribution in [1.29, 1.82) is 0 Å². The molecule has 0 spiro atoms. The van der Waals surface area contributed by atoms with Crippen molar-refractivity contribution in [1.82, 2.24) is 14.7 Å². The molecule has 0 saturated carbocycles. The Morgan fingerprint density at radius 3 is 2.39 bits per heavy atom. The minimum Gasteiger partial charge on any atom is -0.481 e. The zero-order valence-electron chi connectivity index (χ0n) is 17.5. The minimum absolute atomic E-state index is 0.0516. The summed E-state index contributed by atoms with van der Waals surface area (Å²) < 4.78 is 28.8. The molecule has 1 unspecified atom stereocenters. The van der Waals surface area contributed by atoms with Gasteiger partial charge in [0.15, 0.2) is 0 Å². The summed E-state index contributed by atoms with van der Waals surface area (Å²) in [6.45, 7) is 0. The summed E-state index contributed by atoms with van der Waals surface area (Å²) in [5.74, 6) is -0.501. The second kappa shape index (κ2) is 9.68. The van der Waals surface area contributed by atoms with Gasteiger partial charge >= 0.3 is 5.97 Å². The lowest BCUT2D eigenvalue weighted by molar-refractivity contribution is -0.137. The van der Waals surface area contributed by atoms with Crippen LogP contribution in [0.3, 0.4) is 0 Å². The van der Waals surface area contributed by atoms with E-state index in [-0.39, 0.29) is 11.3 Å². The molecule has 0 aliphatic rings. The Hall–Kier alpha value is -3.95. The monoisotopic (exact) mass is 462 g/mol. The molecule has 1 aromatic heterocycles. The number of carboxylic acid groups (broad SMARTS) is 1. The summed E-state index contributed by atoms with van der Waals surface area (Å²) in [5.41, 5.74) is 2.89. The maximum Gasteiger partial charge on any atom is 0.305 e. The van der Waals surface area contributed by atoms with Gasteiger partial charge in [-0.25, -0.2) is 18.1 Å². The number of carbonyl (C=O) groups is 1. The largest absolute Gasteiger partial charge is 0.481 e. The number of aromatic amines is 1. The normalized spacial score (nSPS) is 12.2. The number of aromatic nitrogens is 2. The van der Waals surface area contributed by atoms with Crippen LogP contribution in [0.15, 0.2) is 96.2 Å². The third-order valence-electron chi connectivity index (χ3n) is 4.98. The summed E-state index contributed by atoms with van der Waals surface area (Å²) in [4.78, 5) is 18.5. The minimum atomic E-state index is -3.98. The van der Waals surface area contributed by atoms with Gasteiger partial charge in [0.1, 0.15) is 0 Å². The topological polar surface area (TPSA) is 124 Å². The van der Waals surface area contributed by atoms with Crippen molar-refractivity contribution in [3.05, 3.63) is 96.8 Å². The molecule has 0 aliphatic heterocycles. The highest BCUT2D eigenvalue weighted by Crippen LogP contribution is 2.27. The number of aliphatic carboxylic acids is 1. The van der Waals surface area contributed by atoms with Crippen LogP contribution >= 0.6 is 0 Å². The molecule has 0 fully saturated rings. The van der Waals surface area contributed by atoms with Crippen molar-refractivity contribution in [3.8, 4) is 11.1 Å². The molecule has 1 heterocycles. The molecular weight excluding hydrogens is 440 g/mol. The number of sulfonamides is 1. The van der Waals surface area contributed by atoms with Gasteiger partial charge in [0.05, 0.1) is 17.4 Å². The molecule has 0 aliphatic carbocycles. The van der Waals surface area contributed by atoms with Gasteiger partial charge in [-0.2, -0.15) is 0 Å². The van der Waals surface area contributed by atoms with Crippen molar-refractivity contribution in [2.45, 2.75) is 17.4 Å². The van der Waals surface area contributed by atoms with Gasteiger partial charge in [0, 0.05) is 18.1 Å². The first kappa shape index (κ1) is 22.3. The van der Waals surface area contributed by atoms with Gasteiger partial charge in [-0.1, -0.05) is 54.6 Å². The molecule has 4 aromatic rings. The van der Waals surface area contributed by atoms with Crippen LogP contribution in [0.4, 0.5) is 11.6 Å². The first-order valence-corrected chi connectivity index (χ1v) is 11.6. The van der Waals surface area contributed by atoms with E-state index < -0.39 is 22.0 Å². The lowest BCUT2D eigenvalue weighted by Gasteiger charge is -2.18. The van der Waals surface area contributed by atoms with E-state index in [1.165, 1.54) is 6.07 Å². The fourth-order valence-electron chi connectivity index (χ4n) is 3.43. The Labute approximate surface area is 191 Å². The third-order valence-corrected chi connectivity index (χ3v) is 6.45. The van der Waals surface area contributed by atoms with Gasteiger partial charge in [0.2, 0.25) is 16.0 Å². The maximum absolute atomic E-state index is 13.1. The van der Waals surface area contributed by atoms with E-state index in [9.17, 15) is 18.3 Å². The van der Waals surface area contributed by atoms with Crippen molar-refractivity contribution in [2.75, 3.05) is 5.32 Å². The van der Waals surface area contributed by atoms with E-state index in [4.69, 9.17) is 0 Å². The summed E-state index contributed by atoms with van der Waals surface area (Å²) in [6, 6.07) is 21.8. The average molecular weight is 463 g/mol. The molecule has 4 N–H and O–H groups in total. The van der Waals surface area contributed by atoms with Crippen LogP contribution in [0.25, 0.3) is 11.1 Å². The fraction of sp³-hybridized carbons (Fsp3) is 0.0833. The van der Waals surface area contributed by atoms with Gasteiger partial charge < -0.3 is 15.4 Å². The summed E-state index contributed by atoms with van der Waals surface area (Å²) in [7, 11) is -3.98. The highest BCUT2D eigenvalue weighted by Gasteiger charge is 2.24. The molecule has 3 aromatic carbocycles. The van der Waals surface area contributed by atoms with Crippen molar-refractivity contribution in [3.63, 3.8) is 0 Å². The molecule has 168 valence electrons. The standard InChI is InChI=1S/C24H22N4O4S/c29-23(30)16-22(17-6-2-1-3-7-17)28-33(31,32)21-11-5-9-19(15-21)18-8-4-10-20(14-18)27-24-25-12-13-26-24/h1-15,22,28H,16H2,(H,29,30)(H2,25,26,27). The number of nitrogens with zero attached hydrogens (tertiary/aromatic N) is 1. The van der Waals surface area contributed by atoms with Crippen molar-refractivity contribution >= 4 is 27.6 Å². The lowest BCUT2D eigenvalue weighted by atomic mass is 10.1. The second-order valence-electron chi connectivity index (χ2n) is 7.35. The number of carboxylic acids is 1. The molecule has 33 heavy (non-hydrogen) atoms. The van der Waals surface area contributed by atoms with Crippen molar-refractivity contribution < 1.29 is 18.3 Å². The van der Waals surface area contributed by atoms with E-state index in [0.29, 0.717) is 17.1 Å². The van der Waals surface area contributed by atoms with Gasteiger partial charge in [-0.15, -0.1) is 0 Å². The first-order valence-electron chi connectivity index (χ1n) is 10.2. The molecule has 4 rings (SSSR count). The Morgan fingerprint density at radius 1 is 0.970 bits per heavy atom. The Kier molecular flexibility index (Phi) is 6.53. The van der Waals surface area contributed by atoms with Crippen LogP contribution in [-0.4, -0.2) is 29.5 Å². The number of rotatable bonds is 9. The van der Waals surface area contributed by atoms with Crippen molar-refractivity contribution in [2.24, 2.45) is 0 Å². The highest BCUT2D eigenvalue weighted by atomic mass is 32.2. The summed E-state index contributed by atoms with van der Waals surface area (Å²) >= 11 is 0. The van der Waals surface area contributed by atoms with Crippen LogP contribution < -0.4 is 10.0 Å². The molecule has 8 nitrogen and oxygen atoms in total. The molecule has 1 atom stereocenters. The fourth-order valence-corrected chi connectivity index (χ4v) is 4.70. The van der Waals surface area contributed by atoms with Gasteiger partial charge in [-0.3, -0.25) is 4.79 Å². The molecule has 9 heteroatoms. The van der Waals surface area contributed by atoms with E-state index in [1.807, 2.05) is 30.3 Å². The zero-order chi connectivity index (χ0) is 23.3. The van der Waals surface area contributed by atoms with E-state index in [1.54, 1.807) is 54.9 Å². The predicted octanol–water partition coefficient (Wildman–Crippen LogP) is 4.31.